The first-order valence-corrected chi connectivity index (χ1v) is 9.15. The molecule has 1 aromatic heterocycles. The van der Waals surface area contributed by atoms with Crippen molar-refractivity contribution in [2.24, 2.45) is 0 Å². The van der Waals surface area contributed by atoms with Gasteiger partial charge in [-0.2, -0.15) is 0 Å². The largest absolute Gasteiger partial charge is 0.354 e. The van der Waals surface area contributed by atoms with Crippen molar-refractivity contribution in [3.05, 3.63) is 77.3 Å². The summed E-state index contributed by atoms with van der Waals surface area (Å²) in [5.74, 6) is 0.597. The van der Waals surface area contributed by atoms with Crippen LogP contribution in [-0.2, 0) is 9.47 Å². The molecule has 0 fully saturated rings. The zero-order valence-electron chi connectivity index (χ0n) is 15.5. The molecule has 0 bridgehead atoms. The zero-order valence-corrected chi connectivity index (χ0v) is 16.2. The Morgan fingerprint density at radius 3 is 2.50 bits per heavy atom. The minimum absolute atomic E-state index is 0.456. The number of nitrogens with zero attached hydrogens (tertiary/aromatic N) is 1. The first-order valence-electron chi connectivity index (χ1n) is 8.77. The maximum Gasteiger partial charge on any atom is 0.183 e. The van der Waals surface area contributed by atoms with Crippen LogP contribution in [0.2, 0.25) is 5.02 Å². The molecule has 4 rings (SSSR count). The topological polar surface area (TPSA) is 56.5 Å². The van der Waals surface area contributed by atoms with Gasteiger partial charge >= 0.3 is 0 Å². The minimum atomic E-state index is -0.456. The fraction of sp³-hybridized carbons (Fsp3) is 0.136. The molecule has 6 heteroatoms. The third kappa shape index (κ3) is 3.47. The Morgan fingerprint density at radius 2 is 1.75 bits per heavy atom. The molecule has 1 heterocycles. The van der Waals surface area contributed by atoms with Gasteiger partial charge < -0.3 is 19.3 Å². The van der Waals surface area contributed by atoms with Crippen LogP contribution in [0.25, 0.3) is 22.1 Å². The van der Waals surface area contributed by atoms with Crippen molar-refractivity contribution >= 4 is 34.1 Å². The van der Waals surface area contributed by atoms with Gasteiger partial charge in [0.2, 0.25) is 0 Å². The SMILES string of the molecule is COC(OC)c1ccc2c(Nc3cccc(-c4ccccc4)c3Cl)noc2c1. The van der Waals surface area contributed by atoms with E-state index in [9.17, 15) is 0 Å². The van der Waals surface area contributed by atoms with Gasteiger partial charge in [0.05, 0.1) is 16.1 Å². The molecular formula is C22H19ClN2O3. The molecule has 3 aromatic carbocycles. The van der Waals surface area contributed by atoms with Crippen molar-refractivity contribution in [3.63, 3.8) is 0 Å². The first-order chi connectivity index (χ1) is 13.7. The second kappa shape index (κ2) is 8.02. The molecule has 0 spiro atoms. The fourth-order valence-corrected chi connectivity index (χ4v) is 3.44. The summed E-state index contributed by atoms with van der Waals surface area (Å²) >= 11 is 6.66. The van der Waals surface area contributed by atoms with E-state index in [4.69, 9.17) is 25.6 Å². The van der Waals surface area contributed by atoms with Gasteiger partial charge in [-0.15, -0.1) is 0 Å². The number of ether oxygens (including phenoxy) is 2. The molecule has 0 atom stereocenters. The van der Waals surface area contributed by atoms with Gasteiger partial charge in [0, 0.05) is 25.3 Å². The Labute approximate surface area is 167 Å². The number of anilines is 2. The summed E-state index contributed by atoms with van der Waals surface area (Å²) in [6.07, 6.45) is -0.456. The van der Waals surface area contributed by atoms with E-state index in [1.54, 1.807) is 14.2 Å². The molecule has 142 valence electrons. The second-order valence-electron chi connectivity index (χ2n) is 6.25. The van der Waals surface area contributed by atoms with Crippen LogP contribution in [0.15, 0.2) is 71.3 Å². The molecule has 0 aliphatic heterocycles. The smallest absolute Gasteiger partial charge is 0.183 e. The Bertz CT molecular complexity index is 1090. The van der Waals surface area contributed by atoms with Crippen LogP contribution in [0.1, 0.15) is 11.9 Å². The molecule has 28 heavy (non-hydrogen) atoms. The van der Waals surface area contributed by atoms with Gasteiger partial charge in [0.25, 0.3) is 0 Å². The number of halogens is 1. The minimum Gasteiger partial charge on any atom is -0.354 e. The summed E-state index contributed by atoms with van der Waals surface area (Å²) in [4.78, 5) is 0. The van der Waals surface area contributed by atoms with E-state index in [2.05, 4.69) is 10.5 Å². The van der Waals surface area contributed by atoms with Crippen molar-refractivity contribution in [1.29, 1.82) is 0 Å². The quantitative estimate of drug-likeness (QED) is 0.395. The van der Waals surface area contributed by atoms with Crippen molar-refractivity contribution in [3.8, 4) is 11.1 Å². The molecule has 0 amide bonds. The van der Waals surface area contributed by atoms with E-state index in [0.29, 0.717) is 16.4 Å². The molecular weight excluding hydrogens is 376 g/mol. The predicted molar refractivity (Wildman–Crippen MR) is 111 cm³/mol. The van der Waals surface area contributed by atoms with Crippen LogP contribution in [-0.4, -0.2) is 19.4 Å². The number of methoxy groups -OCH3 is 2. The van der Waals surface area contributed by atoms with Gasteiger partial charge in [0.1, 0.15) is 0 Å². The highest BCUT2D eigenvalue weighted by atomic mass is 35.5. The number of hydrogen-bond acceptors (Lipinski definition) is 5. The number of hydrogen-bond donors (Lipinski definition) is 1. The monoisotopic (exact) mass is 394 g/mol. The number of benzene rings is 3. The summed E-state index contributed by atoms with van der Waals surface area (Å²) in [5.41, 5.74) is 4.24. The summed E-state index contributed by atoms with van der Waals surface area (Å²) in [6, 6.07) is 21.6. The molecule has 1 N–H and O–H groups in total. The third-order valence-corrected chi connectivity index (χ3v) is 4.94. The van der Waals surface area contributed by atoms with Gasteiger partial charge in [-0.05, 0) is 23.8 Å². The summed E-state index contributed by atoms with van der Waals surface area (Å²) in [6.45, 7) is 0. The maximum absolute atomic E-state index is 6.66. The highest BCUT2D eigenvalue weighted by Crippen LogP contribution is 2.36. The van der Waals surface area contributed by atoms with E-state index >= 15 is 0 Å². The van der Waals surface area contributed by atoms with E-state index in [0.717, 1.165) is 27.8 Å². The van der Waals surface area contributed by atoms with Crippen LogP contribution in [0.5, 0.6) is 0 Å². The second-order valence-corrected chi connectivity index (χ2v) is 6.63. The normalized spacial score (nSPS) is 11.3. The van der Waals surface area contributed by atoms with Crippen LogP contribution < -0.4 is 5.32 Å². The summed E-state index contributed by atoms with van der Waals surface area (Å²) in [7, 11) is 3.18. The molecule has 0 aliphatic rings. The van der Waals surface area contributed by atoms with E-state index in [1.807, 2.05) is 66.7 Å². The number of fused-ring (bicyclic) bond motifs is 1. The standard InChI is InChI=1S/C22H19ClN2O3/c1-26-22(27-2)15-11-12-17-19(13-15)28-25-21(17)24-18-10-6-9-16(20(18)23)14-7-4-3-5-8-14/h3-13,22H,1-2H3,(H,24,25). The van der Waals surface area contributed by atoms with Crippen LogP contribution >= 0.6 is 11.6 Å². The molecule has 0 aliphatic carbocycles. The zero-order chi connectivity index (χ0) is 19.5. The predicted octanol–water partition coefficient (Wildman–Crippen LogP) is 6.18. The van der Waals surface area contributed by atoms with Crippen molar-refractivity contribution < 1.29 is 14.0 Å². The van der Waals surface area contributed by atoms with E-state index in [-0.39, 0.29) is 0 Å². The van der Waals surface area contributed by atoms with Gasteiger partial charge in [-0.3, -0.25) is 0 Å². The lowest BCUT2D eigenvalue weighted by Gasteiger charge is -2.13. The fourth-order valence-electron chi connectivity index (χ4n) is 3.16. The Balaban J connectivity index is 1.67. The molecule has 0 saturated carbocycles. The lowest BCUT2D eigenvalue weighted by molar-refractivity contribution is -0.105. The lowest BCUT2D eigenvalue weighted by atomic mass is 10.0. The average Bonchev–Trinajstić information content (AvgIpc) is 3.13. The van der Waals surface area contributed by atoms with Gasteiger partial charge in [-0.25, -0.2) is 0 Å². The molecule has 5 nitrogen and oxygen atoms in total. The highest BCUT2D eigenvalue weighted by Gasteiger charge is 2.15. The third-order valence-electron chi connectivity index (χ3n) is 4.53. The first kappa shape index (κ1) is 18.5. The molecule has 0 unspecified atom stereocenters. The summed E-state index contributed by atoms with van der Waals surface area (Å²) < 4.78 is 16.1. The van der Waals surface area contributed by atoms with Crippen molar-refractivity contribution in [2.75, 3.05) is 19.5 Å². The number of rotatable bonds is 6. The van der Waals surface area contributed by atoms with Gasteiger partial charge in [-0.1, -0.05) is 65.3 Å². The van der Waals surface area contributed by atoms with Crippen LogP contribution in [0.4, 0.5) is 11.5 Å². The van der Waals surface area contributed by atoms with Crippen LogP contribution in [0.3, 0.4) is 0 Å². The van der Waals surface area contributed by atoms with Crippen molar-refractivity contribution in [1.82, 2.24) is 5.16 Å². The van der Waals surface area contributed by atoms with Crippen LogP contribution in [0, 0.1) is 0 Å². The maximum atomic E-state index is 6.66. The Hall–Kier alpha value is -2.86. The average molecular weight is 395 g/mol. The van der Waals surface area contributed by atoms with E-state index in [1.165, 1.54) is 0 Å². The lowest BCUT2D eigenvalue weighted by Crippen LogP contribution is -2.03. The molecule has 0 saturated heterocycles. The van der Waals surface area contributed by atoms with Crippen molar-refractivity contribution in [2.45, 2.75) is 6.29 Å². The number of nitrogens with one attached hydrogen (secondary N) is 1. The molecule has 0 radical (unpaired) electrons. The number of aromatic nitrogens is 1. The Kier molecular flexibility index (Phi) is 5.30. The summed E-state index contributed by atoms with van der Waals surface area (Å²) in [5, 5.41) is 8.91. The molecule has 4 aromatic rings. The van der Waals surface area contributed by atoms with E-state index < -0.39 is 6.29 Å². The Morgan fingerprint density at radius 1 is 0.964 bits per heavy atom. The van der Waals surface area contributed by atoms with Gasteiger partial charge in [0.15, 0.2) is 17.7 Å². The highest BCUT2D eigenvalue weighted by molar-refractivity contribution is 6.36.